The molecule has 0 aliphatic carbocycles. The van der Waals surface area contributed by atoms with Crippen molar-refractivity contribution in [2.45, 2.75) is 25.4 Å². The van der Waals surface area contributed by atoms with Crippen LogP contribution in [0, 0.1) is 0 Å². The molecule has 0 aromatic carbocycles. The van der Waals surface area contributed by atoms with Crippen LogP contribution in [0.2, 0.25) is 0 Å². The van der Waals surface area contributed by atoms with Crippen LogP contribution in [-0.2, 0) is 6.54 Å². The number of ether oxygens (including phenoxy) is 1. The van der Waals surface area contributed by atoms with Crippen molar-refractivity contribution in [2.24, 2.45) is 0 Å². The van der Waals surface area contributed by atoms with Crippen molar-refractivity contribution in [1.82, 2.24) is 10.2 Å². The van der Waals surface area contributed by atoms with Crippen molar-refractivity contribution in [2.75, 3.05) is 27.2 Å². The molecule has 1 aromatic heterocycles. The van der Waals surface area contributed by atoms with Crippen LogP contribution in [0.3, 0.4) is 0 Å². The van der Waals surface area contributed by atoms with E-state index in [4.69, 9.17) is 4.74 Å². The van der Waals surface area contributed by atoms with Crippen LogP contribution in [0.15, 0.2) is 12.1 Å². The summed E-state index contributed by atoms with van der Waals surface area (Å²) in [6.45, 7) is 3.40. The summed E-state index contributed by atoms with van der Waals surface area (Å²) in [5.74, 6) is 0. The number of methoxy groups -OCH3 is 1. The lowest BCUT2D eigenvalue weighted by Crippen LogP contribution is -2.40. The fourth-order valence-corrected chi connectivity index (χ4v) is 2.79. The van der Waals surface area contributed by atoms with E-state index in [-0.39, 0.29) is 0 Å². The Hall–Kier alpha value is -0.580. The molecule has 16 heavy (non-hydrogen) atoms. The zero-order valence-corrected chi connectivity index (χ0v) is 10.8. The van der Waals surface area contributed by atoms with Crippen LogP contribution in [0.1, 0.15) is 17.7 Å². The summed E-state index contributed by atoms with van der Waals surface area (Å²) in [5, 5.41) is 4.62. The van der Waals surface area contributed by atoms with E-state index in [1.807, 2.05) is 6.07 Å². The van der Waals surface area contributed by atoms with Gasteiger partial charge in [0.25, 0.3) is 0 Å². The molecule has 0 bridgehead atoms. The monoisotopic (exact) mass is 240 g/mol. The highest BCUT2D eigenvalue weighted by atomic mass is 32.1. The van der Waals surface area contributed by atoms with Gasteiger partial charge in [-0.25, -0.2) is 0 Å². The lowest BCUT2D eigenvalue weighted by atomic mass is 10.1. The largest absolute Gasteiger partial charge is 0.487 e. The van der Waals surface area contributed by atoms with E-state index in [1.54, 1.807) is 18.4 Å². The van der Waals surface area contributed by atoms with Gasteiger partial charge in [-0.2, -0.15) is 0 Å². The van der Waals surface area contributed by atoms with E-state index < -0.39 is 0 Å². The quantitative estimate of drug-likeness (QED) is 0.870. The fraction of sp³-hybridized carbons (Fsp3) is 0.667. The van der Waals surface area contributed by atoms with Crippen LogP contribution in [0.5, 0.6) is 5.06 Å². The summed E-state index contributed by atoms with van der Waals surface area (Å²) >= 11 is 1.73. The maximum absolute atomic E-state index is 5.18. The summed E-state index contributed by atoms with van der Waals surface area (Å²) in [5.41, 5.74) is 0. The molecule has 90 valence electrons. The lowest BCUT2D eigenvalue weighted by molar-refractivity contribution is 0.234. The zero-order chi connectivity index (χ0) is 11.4. The number of rotatable bonds is 4. The molecule has 1 saturated heterocycles. The van der Waals surface area contributed by atoms with Crippen molar-refractivity contribution in [3.63, 3.8) is 0 Å². The van der Waals surface area contributed by atoms with Crippen LogP contribution < -0.4 is 10.1 Å². The third-order valence-electron chi connectivity index (χ3n) is 3.12. The number of piperidine rings is 1. The Bertz CT molecular complexity index is 319. The Kier molecular flexibility index (Phi) is 4.21. The smallest absolute Gasteiger partial charge is 0.173 e. The van der Waals surface area contributed by atoms with Crippen molar-refractivity contribution < 1.29 is 4.74 Å². The highest BCUT2D eigenvalue weighted by Gasteiger charge is 2.15. The maximum atomic E-state index is 5.18. The van der Waals surface area contributed by atoms with Crippen LogP contribution in [0.4, 0.5) is 0 Å². The molecular formula is C12H20N2OS. The summed E-state index contributed by atoms with van der Waals surface area (Å²) in [4.78, 5) is 3.75. The van der Waals surface area contributed by atoms with Gasteiger partial charge in [0.2, 0.25) is 0 Å². The van der Waals surface area contributed by atoms with Crippen molar-refractivity contribution >= 4 is 11.3 Å². The molecule has 2 heterocycles. The Morgan fingerprint density at radius 1 is 1.44 bits per heavy atom. The van der Waals surface area contributed by atoms with Crippen molar-refractivity contribution in [3.05, 3.63) is 17.0 Å². The van der Waals surface area contributed by atoms with E-state index in [0.717, 1.165) is 11.6 Å². The second kappa shape index (κ2) is 5.66. The van der Waals surface area contributed by atoms with Gasteiger partial charge in [0.1, 0.15) is 0 Å². The second-order valence-electron chi connectivity index (χ2n) is 4.38. The van der Waals surface area contributed by atoms with Gasteiger partial charge in [-0.15, -0.1) is 11.3 Å². The first-order valence-corrected chi connectivity index (χ1v) is 6.64. The van der Waals surface area contributed by atoms with E-state index in [1.165, 1.54) is 30.8 Å². The molecule has 0 unspecified atom stereocenters. The average Bonchev–Trinajstić information content (AvgIpc) is 2.76. The van der Waals surface area contributed by atoms with Gasteiger partial charge in [-0.1, -0.05) is 0 Å². The molecule has 0 saturated carbocycles. The molecule has 3 nitrogen and oxygen atoms in total. The molecule has 1 aromatic rings. The van der Waals surface area contributed by atoms with Gasteiger partial charge < -0.3 is 15.0 Å². The van der Waals surface area contributed by atoms with E-state index in [9.17, 15) is 0 Å². The molecular weight excluding hydrogens is 220 g/mol. The molecule has 1 aliphatic rings. The predicted octanol–water partition coefficient (Wildman–Crippen LogP) is 1.94. The van der Waals surface area contributed by atoms with Crippen LogP contribution in [-0.4, -0.2) is 38.2 Å². The number of nitrogens with zero attached hydrogens (tertiary/aromatic N) is 1. The molecule has 0 amide bonds. The SMILES string of the molecule is COc1ccc(CNC2CCN(C)CC2)s1. The van der Waals surface area contributed by atoms with Gasteiger partial charge in [-0.05, 0) is 45.1 Å². The van der Waals surface area contributed by atoms with Crippen molar-refractivity contribution in [1.29, 1.82) is 0 Å². The van der Waals surface area contributed by atoms with Crippen molar-refractivity contribution in [3.8, 4) is 5.06 Å². The second-order valence-corrected chi connectivity index (χ2v) is 5.51. The normalized spacial score (nSPS) is 18.9. The molecule has 1 fully saturated rings. The Morgan fingerprint density at radius 2 is 2.19 bits per heavy atom. The van der Waals surface area contributed by atoms with Gasteiger partial charge in [0.15, 0.2) is 5.06 Å². The van der Waals surface area contributed by atoms with Gasteiger partial charge >= 0.3 is 0 Å². The minimum atomic E-state index is 0.685. The standard InChI is InChI=1S/C12H20N2OS/c1-14-7-5-10(6-8-14)13-9-11-3-4-12(15-2)16-11/h3-4,10,13H,5-9H2,1-2H3. The van der Waals surface area contributed by atoms with E-state index in [2.05, 4.69) is 23.3 Å². The fourth-order valence-electron chi connectivity index (χ4n) is 2.02. The van der Waals surface area contributed by atoms with Crippen LogP contribution >= 0.6 is 11.3 Å². The van der Waals surface area contributed by atoms with Gasteiger partial charge in [0.05, 0.1) is 7.11 Å². The molecule has 0 radical (unpaired) electrons. The number of hydrogen-bond acceptors (Lipinski definition) is 4. The third-order valence-corrected chi connectivity index (χ3v) is 4.17. The molecule has 0 atom stereocenters. The number of likely N-dealkylation sites (tertiary alicyclic amines) is 1. The minimum Gasteiger partial charge on any atom is -0.487 e. The first-order valence-electron chi connectivity index (χ1n) is 5.82. The highest BCUT2D eigenvalue weighted by molar-refractivity contribution is 7.13. The van der Waals surface area contributed by atoms with Gasteiger partial charge in [0, 0.05) is 17.5 Å². The summed E-state index contributed by atoms with van der Waals surface area (Å²) in [7, 11) is 3.92. The Labute approximate surface area is 101 Å². The molecule has 4 heteroatoms. The Balaban J connectivity index is 1.74. The number of hydrogen-bond donors (Lipinski definition) is 1. The highest BCUT2D eigenvalue weighted by Crippen LogP contribution is 2.23. The molecule has 0 spiro atoms. The summed E-state index contributed by atoms with van der Waals surface area (Å²) in [6, 6.07) is 4.87. The first-order chi connectivity index (χ1) is 7.78. The molecule has 2 rings (SSSR count). The maximum Gasteiger partial charge on any atom is 0.173 e. The zero-order valence-electron chi connectivity index (χ0n) is 10.0. The third kappa shape index (κ3) is 3.20. The number of nitrogens with one attached hydrogen (secondary N) is 1. The van der Waals surface area contributed by atoms with E-state index >= 15 is 0 Å². The average molecular weight is 240 g/mol. The summed E-state index contributed by atoms with van der Waals surface area (Å²) in [6.07, 6.45) is 2.53. The minimum absolute atomic E-state index is 0.685. The van der Waals surface area contributed by atoms with Gasteiger partial charge in [-0.3, -0.25) is 0 Å². The molecule has 1 N–H and O–H groups in total. The van der Waals surface area contributed by atoms with E-state index in [0.29, 0.717) is 6.04 Å². The number of thiophene rings is 1. The lowest BCUT2D eigenvalue weighted by Gasteiger charge is -2.29. The first kappa shape index (κ1) is 11.9. The molecule has 1 aliphatic heterocycles. The van der Waals surface area contributed by atoms with Crippen LogP contribution in [0.25, 0.3) is 0 Å². The summed E-state index contributed by atoms with van der Waals surface area (Å²) < 4.78 is 5.18. The topological polar surface area (TPSA) is 24.5 Å². The Morgan fingerprint density at radius 3 is 2.81 bits per heavy atom. The predicted molar refractivity (Wildman–Crippen MR) is 68.2 cm³/mol.